The van der Waals surface area contributed by atoms with Crippen LogP contribution in [0, 0.1) is 5.92 Å². The topological polar surface area (TPSA) is 150 Å². The Labute approximate surface area is 255 Å². The summed E-state index contributed by atoms with van der Waals surface area (Å²) in [6.45, 7) is 2.03. The Kier molecular flexibility index (Phi) is 9.00. The van der Waals surface area contributed by atoms with Crippen LogP contribution in [-0.2, 0) is 21.1 Å². The van der Waals surface area contributed by atoms with Crippen LogP contribution in [0.1, 0.15) is 44.9 Å². The standard InChI is InChI=1S/C32H34N4O7S/c1-4-5-6-10-27-35-31(38)29(32(39)36(27)28-24(42-2)8-7-9-25(28)43-3)44(40,41)23-15-13-20(14-16-23)22-17-18-33-26(19-22)34-30(37)21-11-12-21/h7-9,13-19,21,39H,4-6,10-12H2,1-3H3,(H,33,34,37). The molecule has 1 amide bonds. The number of aromatic nitrogens is 3. The lowest BCUT2D eigenvalue weighted by Crippen LogP contribution is -2.25. The highest BCUT2D eigenvalue weighted by Gasteiger charge is 2.32. The number of rotatable bonds is 12. The van der Waals surface area contributed by atoms with Gasteiger partial charge in [-0.1, -0.05) is 38.0 Å². The Bertz CT molecular complexity index is 1830. The predicted octanol–water partition coefficient (Wildman–Crippen LogP) is 4.93. The van der Waals surface area contributed by atoms with Crippen LogP contribution in [0.4, 0.5) is 5.82 Å². The van der Waals surface area contributed by atoms with Crippen LogP contribution < -0.4 is 20.3 Å². The number of carbonyl (C=O) groups is 1. The Morgan fingerprint density at radius 3 is 2.32 bits per heavy atom. The van der Waals surface area contributed by atoms with E-state index >= 15 is 0 Å². The molecule has 0 unspecified atom stereocenters. The number of carbonyl (C=O) groups excluding carboxylic acids is 1. The molecule has 1 fully saturated rings. The lowest BCUT2D eigenvalue weighted by atomic mass is 10.1. The number of amides is 1. The van der Waals surface area contributed by atoms with E-state index in [-0.39, 0.29) is 28.2 Å². The zero-order valence-electron chi connectivity index (χ0n) is 24.7. The number of pyridine rings is 1. The van der Waals surface area contributed by atoms with Crippen LogP contribution in [0.2, 0.25) is 0 Å². The van der Waals surface area contributed by atoms with Gasteiger partial charge in [0.1, 0.15) is 28.8 Å². The molecule has 2 aromatic heterocycles. The molecular formula is C32H34N4O7S. The van der Waals surface area contributed by atoms with Crippen molar-refractivity contribution in [3.8, 4) is 34.2 Å². The smallest absolute Gasteiger partial charge is 0.296 e. The summed E-state index contributed by atoms with van der Waals surface area (Å²) >= 11 is 0. The minimum atomic E-state index is -4.53. The molecule has 0 bridgehead atoms. The summed E-state index contributed by atoms with van der Waals surface area (Å²) < 4.78 is 40.1. The molecule has 2 N–H and O–H groups in total. The van der Waals surface area contributed by atoms with E-state index in [1.807, 2.05) is 6.92 Å². The quantitative estimate of drug-likeness (QED) is 0.211. The van der Waals surface area contributed by atoms with Gasteiger partial charge in [-0.25, -0.2) is 13.4 Å². The first-order valence-corrected chi connectivity index (χ1v) is 15.9. The van der Waals surface area contributed by atoms with Crippen LogP contribution in [0.25, 0.3) is 16.8 Å². The molecule has 1 saturated carbocycles. The fraction of sp³-hybridized carbons (Fsp3) is 0.312. The normalized spacial score (nSPS) is 13.0. The third-order valence-electron chi connectivity index (χ3n) is 7.45. The Morgan fingerprint density at radius 1 is 1.02 bits per heavy atom. The SMILES string of the molecule is CCCCCc1nc(=O)c(S(=O)(=O)c2ccc(-c3ccnc(NC(=O)C4CC4)c3)cc2)c(O)n1-c1c(OC)cccc1OC. The number of methoxy groups -OCH3 is 2. The van der Waals surface area contributed by atoms with Gasteiger partial charge in [0.15, 0.2) is 4.90 Å². The molecule has 0 saturated heterocycles. The van der Waals surface area contributed by atoms with Gasteiger partial charge in [0.2, 0.25) is 21.6 Å². The van der Waals surface area contributed by atoms with Gasteiger partial charge < -0.3 is 19.9 Å². The van der Waals surface area contributed by atoms with Crippen molar-refractivity contribution in [1.82, 2.24) is 14.5 Å². The van der Waals surface area contributed by atoms with E-state index in [9.17, 15) is 23.1 Å². The molecule has 0 radical (unpaired) electrons. The van der Waals surface area contributed by atoms with Crippen molar-refractivity contribution in [2.75, 3.05) is 19.5 Å². The van der Waals surface area contributed by atoms with E-state index in [1.54, 1.807) is 48.7 Å². The van der Waals surface area contributed by atoms with E-state index in [1.165, 1.54) is 30.9 Å². The van der Waals surface area contributed by atoms with Crippen molar-refractivity contribution in [3.05, 3.63) is 77.0 Å². The number of nitrogens with zero attached hydrogens (tertiary/aromatic N) is 3. The Hall–Kier alpha value is -4.71. The molecular weight excluding hydrogens is 584 g/mol. The second-order valence-corrected chi connectivity index (χ2v) is 12.4. The first-order chi connectivity index (χ1) is 21.2. The highest BCUT2D eigenvalue weighted by Crippen LogP contribution is 2.38. The minimum absolute atomic E-state index is 0.0231. The molecule has 11 nitrogen and oxygen atoms in total. The average molecular weight is 619 g/mol. The number of unbranched alkanes of at least 4 members (excludes halogenated alkanes) is 2. The molecule has 44 heavy (non-hydrogen) atoms. The third-order valence-corrected chi connectivity index (χ3v) is 9.24. The number of hydrogen-bond acceptors (Lipinski definition) is 9. The molecule has 0 aliphatic heterocycles. The van der Waals surface area contributed by atoms with E-state index in [4.69, 9.17) is 9.47 Å². The second-order valence-electron chi connectivity index (χ2n) is 10.5. The van der Waals surface area contributed by atoms with Gasteiger partial charge in [0, 0.05) is 18.5 Å². The first-order valence-electron chi connectivity index (χ1n) is 14.4. The van der Waals surface area contributed by atoms with E-state index in [2.05, 4.69) is 15.3 Å². The van der Waals surface area contributed by atoms with Gasteiger partial charge in [-0.15, -0.1) is 0 Å². The molecule has 5 rings (SSSR count). The number of ether oxygens (including phenoxy) is 2. The van der Waals surface area contributed by atoms with Gasteiger partial charge in [-0.3, -0.25) is 14.2 Å². The zero-order valence-corrected chi connectivity index (χ0v) is 25.6. The zero-order chi connectivity index (χ0) is 31.4. The van der Waals surface area contributed by atoms with Gasteiger partial charge in [0.05, 0.1) is 19.1 Å². The van der Waals surface area contributed by atoms with Crippen molar-refractivity contribution < 1.29 is 27.8 Å². The largest absolute Gasteiger partial charge is 0.494 e. The third kappa shape index (κ3) is 6.16. The summed E-state index contributed by atoms with van der Waals surface area (Å²) in [6.07, 6.45) is 6.01. The number of benzene rings is 2. The number of aryl methyl sites for hydroxylation is 1. The lowest BCUT2D eigenvalue weighted by Gasteiger charge is -2.21. The molecule has 0 spiro atoms. The summed E-state index contributed by atoms with van der Waals surface area (Å²) in [7, 11) is -1.66. The fourth-order valence-corrected chi connectivity index (χ4v) is 6.29. The highest BCUT2D eigenvalue weighted by atomic mass is 32.2. The van der Waals surface area contributed by atoms with E-state index < -0.39 is 26.2 Å². The molecule has 2 heterocycles. The number of nitrogens with one attached hydrogen (secondary N) is 1. The monoisotopic (exact) mass is 618 g/mol. The van der Waals surface area contributed by atoms with Crippen molar-refractivity contribution >= 4 is 21.6 Å². The minimum Gasteiger partial charge on any atom is -0.494 e. The maximum atomic E-state index is 13.9. The van der Waals surface area contributed by atoms with Crippen molar-refractivity contribution in [2.24, 2.45) is 5.92 Å². The molecule has 4 aromatic rings. The van der Waals surface area contributed by atoms with E-state index in [0.29, 0.717) is 41.3 Å². The molecule has 2 aromatic carbocycles. The second kappa shape index (κ2) is 12.9. The number of para-hydroxylation sites is 1. The van der Waals surface area contributed by atoms with E-state index in [0.717, 1.165) is 25.7 Å². The first kappa shape index (κ1) is 30.7. The number of aromatic hydroxyl groups is 1. The van der Waals surface area contributed by atoms with Crippen LogP contribution in [0.3, 0.4) is 0 Å². The van der Waals surface area contributed by atoms with Crippen molar-refractivity contribution in [1.29, 1.82) is 0 Å². The Balaban J connectivity index is 1.57. The average Bonchev–Trinajstić information content (AvgIpc) is 3.87. The molecule has 230 valence electrons. The van der Waals surface area contributed by atoms with Crippen molar-refractivity contribution in [2.45, 2.75) is 55.2 Å². The number of anilines is 1. The lowest BCUT2D eigenvalue weighted by molar-refractivity contribution is -0.117. The summed E-state index contributed by atoms with van der Waals surface area (Å²) in [5.41, 5.74) is 0.538. The molecule has 1 aliphatic rings. The Morgan fingerprint density at radius 2 is 1.70 bits per heavy atom. The van der Waals surface area contributed by atoms with Crippen LogP contribution >= 0.6 is 0 Å². The van der Waals surface area contributed by atoms with Crippen LogP contribution in [0.15, 0.2) is 75.4 Å². The summed E-state index contributed by atoms with van der Waals surface area (Å²) in [4.78, 5) is 32.8. The number of hydrogen-bond donors (Lipinski definition) is 2. The molecule has 12 heteroatoms. The van der Waals surface area contributed by atoms with Gasteiger partial charge in [0.25, 0.3) is 5.56 Å². The summed E-state index contributed by atoms with van der Waals surface area (Å²) in [5.74, 6) is 0.332. The van der Waals surface area contributed by atoms with Crippen LogP contribution in [-0.4, -0.2) is 48.2 Å². The van der Waals surface area contributed by atoms with Gasteiger partial charge in [-0.05, 0) is 66.8 Å². The fourth-order valence-electron chi connectivity index (χ4n) is 4.96. The maximum Gasteiger partial charge on any atom is 0.296 e. The summed E-state index contributed by atoms with van der Waals surface area (Å²) in [5, 5.41) is 14.4. The van der Waals surface area contributed by atoms with Gasteiger partial charge in [-0.2, -0.15) is 4.98 Å². The summed E-state index contributed by atoms with van der Waals surface area (Å²) in [6, 6.07) is 14.3. The predicted molar refractivity (Wildman–Crippen MR) is 164 cm³/mol. The highest BCUT2D eigenvalue weighted by molar-refractivity contribution is 7.91. The van der Waals surface area contributed by atoms with Gasteiger partial charge >= 0.3 is 0 Å². The maximum absolute atomic E-state index is 13.9. The molecule has 1 aliphatic carbocycles. The molecule has 0 atom stereocenters. The number of sulfone groups is 1. The van der Waals surface area contributed by atoms with Crippen LogP contribution in [0.5, 0.6) is 17.4 Å². The van der Waals surface area contributed by atoms with Crippen molar-refractivity contribution in [3.63, 3.8) is 0 Å².